The second kappa shape index (κ2) is 8.01. The maximum Gasteiger partial charge on any atom is 0.108 e. The predicted octanol–water partition coefficient (Wildman–Crippen LogP) is 6.29. The number of rotatable bonds is 0. The third-order valence-electron chi connectivity index (χ3n) is 4.96. The van der Waals surface area contributed by atoms with Gasteiger partial charge in [-0.3, -0.25) is 0 Å². The van der Waals surface area contributed by atoms with Gasteiger partial charge in [0.05, 0.1) is 11.5 Å². The third-order valence-corrected chi connectivity index (χ3v) is 4.96. The second-order valence-corrected chi connectivity index (χ2v) is 7.45. The first-order chi connectivity index (χ1) is 8.76. The minimum atomic E-state index is -0.841. The van der Waals surface area contributed by atoms with Crippen LogP contribution in [0, 0.1) is 28.6 Å². The molecule has 2 aliphatic carbocycles. The van der Waals surface area contributed by atoms with Crippen LogP contribution in [-0.4, -0.2) is 5.67 Å². The Morgan fingerprint density at radius 1 is 0.900 bits per heavy atom. The summed E-state index contributed by atoms with van der Waals surface area (Å²) in [6.07, 6.45) is 8.38. The SMILES string of the molecule is C.CC1CCC(C)(C#N)CC1.CC1CCC(C)(F)CC1. The lowest BCUT2D eigenvalue weighted by Gasteiger charge is -2.29. The molecular formula is C18H34FN. The van der Waals surface area contributed by atoms with E-state index in [1.807, 2.05) is 0 Å². The molecule has 0 saturated heterocycles. The maximum absolute atomic E-state index is 13.0. The molecule has 0 atom stereocenters. The summed E-state index contributed by atoms with van der Waals surface area (Å²) in [5, 5.41) is 8.79. The van der Waals surface area contributed by atoms with Crippen molar-refractivity contribution in [2.75, 3.05) is 0 Å². The number of hydrogen-bond donors (Lipinski definition) is 0. The standard InChI is InChI=1S/C9H15N.C8H15F.CH4/c1-8-3-5-9(2,7-10)6-4-8;1-7-3-5-8(2,9)6-4-7;/h8H,3-6H2,1-2H3;7H,3-6H2,1-2H3;1H4. The van der Waals surface area contributed by atoms with Gasteiger partial charge in [-0.1, -0.05) is 21.3 Å². The van der Waals surface area contributed by atoms with Gasteiger partial charge in [-0.25, -0.2) is 4.39 Å². The first kappa shape index (κ1) is 19.4. The molecule has 0 aromatic rings. The van der Waals surface area contributed by atoms with Crippen LogP contribution in [0.2, 0.25) is 0 Å². The van der Waals surface area contributed by atoms with Crippen LogP contribution >= 0.6 is 0 Å². The molecule has 2 saturated carbocycles. The summed E-state index contributed by atoms with van der Waals surface area (Å²) < 4.78 is 13.0. The molecule has 0 heterocycles. The van der Waals surface area contributed by atoms with E-state index in [0.29, 0.717) is 0 Å². The van der Waals surface area contributed by atoms with E-state index in [4.69, 9.17) is 5.26 Å². The average Bonchev–Trinajstić information content (AvgIpc) is 2.38. The van der Waals surface area contributed by atoms with E-state index in [1.54, 1.807) is 6.92 Å². The first-order valence-electron chi connectivity index (χ1n) is 7.86. The molecule has 2 fully saturated rings. The Labute approximate surface area is 126 Å². The Balaban J connectivity index is 0.000000345. The van der Waals surface area contributed by atoms with E-state index in [-0.39, 0.29) is 12.8 Å². The van der Waals surface area contributed by atoms with Gasteiger partial charge in [0, 0.05) is 0 Å². The molecule has 2 rings (SSSR count). The van der Waals surface area contributed by atoms with Gasteiger partial charge >= 0.3 is 0 Å². The van der Waals surface area contributed by atoms with E-state index >= 15 is 0 Å². The minimum absolute atomic E-state index is 0. The maximum atomic E-state index is 13.0. The average molecular weight is 283 g/mol. The van der Waals surface area contributed by atoms with Crippen molar-refractivity contribution in [3.8, 4) is 6.07 Å². The molecule has 0 unspecified atom stereocenters. The highest BCUT2D eigenvalue weighted by molar-refractivity contribution is 4.97. The van der Waals surface area contributed by atoms with Crippen molar-refractivity contribution < 1.29 is 4.39 Å². The molecule has 0 spiro atoms. The van der Waals surface area contributed by atoms with E-state index in [0.717, 1.165) is 50.4 Å². The van der Waals surface area contributed by atoms with Gasteiger partial charge in [0.1, 0.15) is 5.67 Å². The molecule has 2 aliphatic rings. The summed E-state index contributed by atoms with van der Waals surface area (Å²) in [7, 11) is 0. The Bertz CT molecular complexity index is 298. The Kier molecular flexibility index (Phi) is 7.78. The molecule has 0 amide bonds. The lowest BCUT2D eigenvalue weighted by Crippen LogP contribution is -2.24. The molecule has 0 radical (unpaired) electrons. The summed E-state index contributed by atoms with van der Waals surface area (Å²) in [4.78, 5) is 0. The zero-order chi connectivity index (χ0) is 14.5. The molecule has 0 bridgehead atoms. The minimum Gasteiger partial charge on any atom is -0.244 e. The van der Waals surface area contributed by atoms with Gasteiger partial charge < -0.3 is 0 Å². The number of halogens is 1. The predicted molar refractivity (Wildman–Crippen MR) is 85.2 cm³/mol. The Morgan fingerprint density at radius 3 is 1.55 bits per heavy atom. The van der Waals surface area contributed by atoms with Crippen LogP contribution < -0.4 is 0 Å². The summed E-state index contributed by atoms with van der Waals surface area (Å²) >= 11 is 0. The molecule has 0 aliphatic heterocycles. The van der Waals surface area contributed by atoms with Gasteiger partial charge in [0.15, 0.2) is 0 Å². The van der Waals surface area contributed by atoms with Gasteiger partial charge in [-0.15, -0.1) is 0 Å². The largest absolute Gasteiger partial charge is 0.244 e. The third kappa shape index (κ3) is 6.73. The van der Waals surface area contributed by atoms with Gasteiger partial charge in [0.25, 0.3) is 0 Å². The van der Waals surface area contributed by atoms with Gasteiger partial charge in [-0.05, 0) is 77.0 Å². The van der Waals surface area contributed by atoms with Crippen molar-refractivity contribution in [3.05, 3.63) is 0 Å². The fourth-order valence-electron chi connectivity index (χ4n) is 2.88. The monoisotopic (exact) mass is 283 g/mol. The van der Waals surface area contributed by atoms with Crippen molar-refractivity contribution >= 4 is 0 Å². The van der Waals surface area contributed by atoms with Crippen molar-refractivity contribution in [3.63, 3.8) is 0 Å². The fraction of sp³-hybridized carbons (Fsp3) is 0.944. The zero-order valence-electron chi connectivity index (χ0n) is 13.1. The van der Waals surface area contributed by atoms with Crippen LogP contribution in [0.15, 0.2) is 0 Å². The van der Waals surface area contributed by atoms with Crippen LogP contribution in [0.5, 0.6) is 0 Å². The van der Waals surface area contributed by atoms with Crippen molar-refractivity contribution in [1.82, 2.24) is 0 Å². The highest BCUT2D eigenvalue weighted by Gasteiger charge is 2.29. The Hall–Kier alpha value is -0.580. The van der Waals surface area contributed by atoms with E-state index < -0.39 is 5.67 Å². The molecule has 0 aromatic carbocycles. The molecule has 0 aromatic heterocycles. The van der Waals surface area contributed by atoms with Gasteiger partial charge in [-0.2, -0.15) is 5.26 Å². The lowest BCUT2D eigenvalue weighted by atomic mass is 9.73. The van der Waals surface area contributed by atoms with Crippen LogP contribution in [0.25, 0.3) is 0 Å². The molecular weight excluding hydrogens is 249 g/mol. The summed E-state index contributed by atoms with van der Waals surface area (Å²) in [5.74, 6) is 1.61. The molecule has 1 nitrogen and oxygen atoms in total. The number of alkyl halides is 1. The number of nitriles is 1. The molecule has 118 valence electrons. The van der Waals surface area contributed by atoms with E-state index in [2.05, 4.69) is 26.8 Å². The van der Waals surface area contributed by atoms with Crippen LogP contribution in [-0.2, 0) is 0 Å². The zero-order valence-corrected chi connectivity index (χ0v) is 13.1. The second-order valence-electron chi connectivity index (χ2n) is 7.45. The van der Waals surface area contributed by atoms with Crippen molar-refractivity contribution in [2.24, 2.45) is 17.3 Å². The topological polar surface area (TPSA) is 23.8 Å². The highest BCUT2D eigenvalue weighted by atomic mass is 19.1. The summed E-state index contributed by atoms with van der Waals surface area (Å²) in [6.45, 7) is 8.28. The molecule has 2 heteroatoms. The van der Waals surface area contributed by atoms with Crippen molar-refractivity contribution in [2.45, 2.75) is 92.2 Å². The normalized spacial score (nSPS) is 40.6. The first-order valence-corrected chi connectivity index (χ1v) is 7.86. The summed E-state index contributed by atoms with van der Waals surface area (Å²) in [6, 6.07) is 2.40. The van der Waals surface area contributed by atoms with E-state index in [1.165, 1.54) is 12.8 Å². The van der Waals surface area contributed by atoms with Gasteiger partial charge in [0.2, 0.25) is 0 Å². The van der Waals surface area contributed by atoms with Crippen LogP contribution in [0.4, 0.5) is 4.39 Å². The lowest BCUT2D eigenvalue weighted by molar-refractivity contribution is 0.108. The fourth-order valence-corrected chi connectivity index (χ4v) is 2.88. The molecule has 0 N–H and O–H groups in total. The van der Waals surface area contributed by atoms with Crippen molar-refractivity contribution in [1.29, 1.82) is 5.26 Å². The molecule has 20 heavy (non-hydrogen) atoms. The van der Waals surface area contributed by atoms with Crippen LogP contribution in [0.3, 0.4) is 0 Å². The smallest absolute Gasteiger partial charge is 0.108 e. The summed E-state index contributed by atoms with van der Waals surface area (Å²) in [5.41, 5.74) is -0.834. The van der Waals surface area contributed by atoms with Crippen LogP contribution in [0.1, 0.15) is 86.5 Å². The number of hydrogen-bond acceptors (Lipinski definition) is 1. The Morgan fingerprint density at radius 2 is 1.25 bits per heavy atom. The quantitative estimate of drug-likeness (QED) is 0.512. The highest BCUT2D eigenvalue weighted by Crippen LogP contribution is 2.37. The van der Waals surface area contributed by atoms with E-state index in [9.17, 15) is 4.39 Å². The number of nitrogens with zero attached hydrogens (tertiary/aromatic N) is 1.